The van der Waals surface area contributed by atoms with Gasteiger partial charge in [-0.05, 0) is 62.8 Å². The highest BCUT2D eigenvalue weighted by Crippen LogP contribution is 2.35. The van der Waals surface area contributed by atoms with Crippen LogP contribution in [0.2, 0.25) is 0 Å². The summed E-state index contributed by atoms with van der Waals surface area (Å²) < 4.78 is 0. The molecule has 0 aliphatic carbocycles. The first kappa shape index (κ1) is 28.2. The highest BCUT2D eigenvalue weighted by molar-refractivity contribution is 6.02. The topological polar surface area (TPSA) is 58.2 Å². The van der Waals surface area contributed by atoms with Crippen LogP contribution in [0.25, 0.3) is 0 Å². The van der Waals surface area contributed by atoms with Crippen LogP contribution in [-0.2, 0) is 9.59 Å². The number of hydrogen-bond acceptors (Lipinski definition) is 2. The molecule has 0 saturated carbocycles. The van der Waals surface area contributed by atoms with Crippen molar-refractivity contribution in [3.05, 3.63) is 22.3 Å². The van der Waals surface area contributed by atoms with Gasteiger partial charge >= 0.3 is 0 Å². The van der Waals surface area contributed by atoms with Gasteiger partial charge in [0, 0.05) is 12.8 Å². The number of carbonyl (C=O) groups is 2. The molecular formula is C28H48N2O2. The molecule has 0 bridgehead atoms. The predicted octanol–water partition coefficient (Wildman–Crippen LogP) is 8.30. The molecular weight excluding hydrogens is 396 g/mol. The van der Waals surface area contributed by atoms with Gasteiger partial charge in [0.05, 0.1) is 11.4 Å². The van der Waals surface area contributed by atoms with Crippen LogP contribution >= 0.6 is 0 Å². The van der Waals surface area contributed by atoms with Crippen LogP contribution in [0.3, 0.4) is 0 Å². The van der Waals surface area contributed by atoms with E-state index < -0.39 is 0 Å². The minimum Gasteiger partial charge on any atom is -0.324 e. The van der Waals surface area contributed by atoms with E-state index in [9.17, 15) is 9.59 Å². The molecule has 1 aromatic carbocycles. The van der Waals surface area contributed by atoms with Crippen LogP contribution in [0.5, 0.6) is 0 Å². The number of carbonyl (C=O) groups excluding carboxylic acids is 2. The summed E-state index contributed by atoms with van der Waals surface area (Å²) in [6.45, 7) is 12.7. The van der Waals surface area contributed by atoms with Gasteiger partial charge in [-0.15, -0.1) is 0 Å². The molecule has 2 N–H and O–H groups in total. The van der Waals surface area contributed by atoms with E-state index in [0.29, 0.717) is 12.8 Å². The first-order valence-electron chi connectivity index (χ1n) is 13.0. The number of hydrogen-bond donors (Lipinski definition) is 2. The molecule has 0 unspecified atom stereocenters. The lowest BCUT2D eigenvalue weighted by Gasteiger charge is -2.22. The Bertz CT molecular complexity index is 664. The average Bonchev–Trinajstić information content (AvgIpc) is 2.77. The fraction of sp³-hybridized carbons (Fsp3) is 0.714. The molecule has 0 radical (unpaired) electrons. The summed E-state index contributed by atoms with van der Waals surface area (Å²) in [6, 6.07) is 0. The lowest BCUT2D eigenvalue weighted by molar-refractivity contribution is -0.117. The Labute approximate surface area is 197 Å². The van der Waals surface area contributed by atoms with Crippen LogP contribution in [0.1, 0.15) is 126 Å². The van der Waals surface area contributed by atoms with Gasteiger partial charge in [0.2, 0.25) is 11.8 Å². The second-order valence-electron chi connectivity index (χ2n) is 9.38. The minimum atomic E-state index is 0.0395. The molecule has 0 aliphatic heterocycles. The quantitative estimate of drug-likeness (QED) is 0.252. The Morgan fingerprint density at radius 3 is 1.16 bits per heavy atom. The zero-order chi connectivity index (χ0) is 23.9. The molecule has 2 amide bonds. The summed E-state index contributed by atoms with van der Waals surface area (Å²) in [7, 11) is 0. The Morgan fingerprint density at radius 1 is 0.500 bits per heavy atom. The van der Waals surface area contributed by atoms with Crippen molar-refractivity contribution in [2.75, 3.05) is 10.6 Å². The van der Waals surface area contributed by atoms with E-state index in [-0.39, 0.29) is 11.8 Å². The maximum Gasteiger partial charge on any atom is 0.224 e. The third-order valence-electron chi connectivity index (χ3n) is 6.73. The maximum atomic E-state index is 12.7. The number of benzene rings is 1. The van der Waals surface area contributed by atoms with Crippen LogP contribution in [0.15, 0.2) is 0 Å². The normalized spacial score (nSPS) is 10.9. The Hall–Kier alpha value is -1.84. The summed E-state index contributed by atoms with van der Waals surface area (Å²) in [5.41, 5.74) is 5.98. The maximum absolute atomic E-state index is 12.7. The van der Waals surface area contributed by atoms with Crippen LogP contribution in [-0.4, -0.2) is 11.8 Å². The summed E-state index contributed by atoms with van der Waals surface area (Å²) in [5.74, 6) is 0.0790. The van der Waals surface area contributed by atoms with Gasteiger partial charge in [-0.1, -0.05) is 78.1 Å². The third-order valence-corrected chi connectivity index (χ3v) is 6.73. The van der Waals surface area contributed by atoms with E-state index in [1.807, 2.05) is 13.8 Å². The zero-order valence-corrected chi connectivity index (χ0v) is 21.7. The monoisotopic (exact) mass is 444 g/mol. The lowest BCUT2D eigenvalue weighted by Crippen LogP contribution is -2.19. The van der Waals surface area contributed by atoms with Gasteiger partial charge in [0.25, 0.3) is 0 Å². The Kier molecular flexibility index (Phi) is 14.0. The molecule has 0 aromatic heterocycles. The van der Waals surface area contributed by atoms with E-state index in [0.717, 1.165) is 48.2 Å². The van der Waals surface area contributed by atoms with Gasteiger partial charge < -0.3 is 10.6 Å². The number of unbranched alkanes of at least 4 members (excludes halogenated alkanes) is 10. The predicted molar refractivity (Wildman–Crippen MR) is 139 cm³/mol. The molecule has 0 spiro atoms. The van der Waals surface area contributed by atoms with Crippen molar-refractivity contribution in [2.45, 2.75) is 131 Å². The second kappa shape index (κ2) is 15.9. The molecule has 32 heavy (non-hydrogen) atoms. The van der Waals surface area contributed by atoms with Gasteiger partial charge in [-0.2, -0.15) is 0 Å². The third kappa shape index (κ3) is 9.75. The van der Waals surface area contributed by atoms with E-state index >= 15 is 0 Å². The lowest BCUT2D eigenvalue weighted by atomic mass is 9.95. The fourth-order valence-corrected chi connectivity index (χ4v) is 4.16. The first-order chi connectivity index (χ1) is 15.3. The van der Waals surface area contributed by atoms with Gasteiger partial charge in [0.1, 0.15) is 0 Å². The SMILES string of the molecule is CCCCCCCCC(=O)Nc1c(C)c(C)c(C)c(C)c1NC(=O)CCCCCCCC. The van der Waals surface area contributed by atoms with Crippen LogP contribution in [0, 0.1) is 27.7 Å². The van der Waals surface area contributed by atoms with Crippen molar-refractivity contribution in [1.82, 2.24) is 0 Å². The smallest absolute Gasteiger partial charge is 0.224 e. The molecule has 0 heterocycles. The standard InChI is InChI=1S/C28H48N2O2/c1-7-9-11-13-15-17-19-25(31)29-27-23(5)21(3)22(4)24(6)28(27)30-26(32)20-18-16-14-12-10-8-2/h7-20H2,1-6H3,(H,29,31)(H,30,32). The highest BCUT2D eigenvalue weighted by Gasteiger charge is 2.18. The van der Waals surface area contributed by atoms with Gasteiger partial charge in [-0.25, -0.2) is 0 Å². The van der Waals surface area contributed by atoms with E-state index in [1.54, 1.807) is 0 Å². The van der Waals surface area contributed by atoms with Gasteiger partial charge in [-0.3, -0.25) is 9.59 Å². The van der Waals surface area contributed by atoms with E-state index in [1.165, 1.54) is 62.5 Å². The second-order valence-corrected chi connectivity index (χ2v) is 9.38. The molecule has 1 rings (SSSR count). The number of anilines is 2. The van der Waals surface area contributed by atoms with Crippen molar-refractivity contribution < 1.29 is 9.59 Å². The molecule has 0 atom stereocenters. The van der Waals surface area contributed by atoms with Crippen LogP contribution in [0.4, 0.5) is 11.4 Å². The summed E-state index contributed by atoms with van der Waals surface area (Å²) in [6.07, 6.45) is 15.0. The average molecular weight is 445 g/mol. The van der Waals surface area contributed by atoms with Crippen LogP contribution < -0.4 is 10.6 Å². The van der Waals surface area contributed by atoms with E-state index in [2.05, 4.69) is 38.3 Å². The zero-order valence-electron chi connectivity index (χ0n) is 21.7. The fourth-order valence-electron chi connectivity index (χ4n) is 4.16. The Balaban J connectivity index is 2.75. The largest absolute Gasteiger partial charge is 0.324 e. The first-order valence-corrected chi connectivity index (χ1v) is 13.0. The molecule has 1 aromatic rings. The summed E-state index contributed by atoms with van der Waals surface area (Å²) in [4.78, 5) is 25.3. The summed E-state index contributed by atoms with van der Waals surface area (Å²) in [5, 5.41) is 6.26. The molecule has 0 aliphatic rings. The van der Waals surface area contributed by atoms with Crippen molar-refractivity contribution in [2.24, 2.45) is 0 Å². The van der Waals surface area contributed by atoms with Gasteiger partial charge in [0.15, 0.2) is 0 Å². The number of rotatable bonds is 16. The molecule has 4 nitrogen and oxygen atoms in total. The van der Waals surface area contributed by atoms with E-state index in [4.69, 9.17) is 0 Å². The van der Waals surface area contributed by atoms with Crippen molar-refractivity contribution in [3.8, 4) is 0 Å². The Morgan fingerprint density at radius 2 is 0.812 bits per heavy atom. The number of nitrogens with one attached hydrogen (secondary N) is 2. The summed E-state index contributed by atoms with van der Waals surface area (Å²) >= 11 is 0. The minimum absolute atomic E-state index is 0.0395. The molecule has 182 valence electrons. The highest BCUT2D eigenvalue weighted by atomic mass is 16.2. The van der Waals surface area contributed by atoms with Crippen molar-refractivity contribution >= 4 is 23.2 Å². The van der Waals surface area contributed by atoms with Crippen molar-refractivity contribution in [3.63, 3.8) is 0 Å². The molecule has 0 fully saturated rings. The molecule has 4 heteroatoms. The van der Waals surface area contributed by atoms with Crippen molar-refractivity contribution in [1.29, 1.82) is 0 Å². The molecule has 0 saturated heterocycles. The number of amides is 2.